The summed E-state index contributed by atoms with van der Waals surface area (Å²) in [7, 11) is 0. The summed E-state index contributed by atoms with van der Waals surface area (Å²) in [4.78, 5) is 29.3. The van der Waals surface area contributed by atoms with Crippen molar-refractivity contribution >= 4 is 17.2 Å². The quantitative estimate of drug-likeness (QED) is 0.777. The lowest BCUT2D eigenvalue weighted by Gasteiger charge is -2.20. The number of rotatable bonds is 5. The van der Waals surface area contributed by atoms with E-state index in [0.717, 1.165) is 5.56 Å². The van der Waals surface area contributed by atoms with E-state index in [0.29, 0.717) is 17.1 Å². The molecule has 0 aliphatic rings. The number of carbonyl (C=O) groups excluding carboxylic acids is 1. The smallest absolute Gasteiger partial charge is 0.263 e. The monoisotopic (exact) mass is 339 g/mol. The molecule has 1 atom stereocenters. The van der Waals surface area contributed by atoms with E-state index in [2.05, 4.69) is 10.3 Å². The number of aryl methyl sites for hydroxylation is 1. The van der Waals surface area contributed by atoms with Crippen LogP contribution in [0.5, 0.6) is 0 Å². The average molecular weight is 339 g/mol. The average Bonchev–Trinajstić information content (AvgIpc) is 3.03. The SMILES string of the molecule is Cc1ncsc1C(=O)N[C@@H](Cn1ccccc1=O)c1ccccc1. The van der Waals surface area contributed by atoms with Gasteiger partial charge in [-0.25, -0.2) is 4.98 Å². The van der Waals surface area contributed by atoms with Crippen molar-refractivity contribution in [2.75, 3.05) is 0 Å². The Morgan fingerprint density at radius 3 is 2.62 bits per heavy atom. The molecule has 3 rings (SSSR count). The molecule has 0 saturated carbocycles. The van der Waals surface area contributed by atoms with E-state index in [1.165, 1.54) is 17.4 Å². The van der Waals surface area contributed by atoms with Gasteiger partial charge in [-0.2, -0.15) is 0 Å². The molecule has 1 aromatic carbocycles. The van der Waals surface area contributed by atoms with Gasteiger partial charge in [0.05, 0.1) is 23.8 Å². The topological polar surface area (TPSA) is 64.0 Å². The van der Waals surface area contributed by atoms with E-state index in [9.17, 15) is 9.59 Å². The predicted octanol–water partition coefficient (Wildman–Crippen LogP) is 2.78. The molecule has 0 bridgehead atoms. The van der Waals surface area contributed by atoms with Gasteiger partial charge >= 0.3 is 0 Å². The molecule has 0 saturated heterocycles. The molecule has 0 fully saturated rings. The molecule has 1 N–H and O–H groups in total. The summed E-state index contributed by atoms with van der Waals surface area (Å²) in [5.74, 6) is -0.173. The van der Waals surface area contributed by atoms with E-state index in [4.69, 9.17) is 0 Å². The number of amides is 1. The van der Waals surface area contributed by atoms with Gasteiger partial charge in [0, 0.05) is 12.3 Å². The predicted molar refractivity (Wildman–Crippen MR) is 94.2 cm³/mol. The van der Waals surface area contributed by atoms with Crippen LogP contribution in [0.4, 0.5) is 0 Å². The molecule has 6 heteroatoms. The fourth-order valence-corrected chi connectivity index (χ4v) is 3.18. The molecule has 1 amide bonds. The zero-order valence-corrected chi connectivity index (χ0v) is 14.0. The number of aromatic nitrogens is 2. The molecule has 2 heterocycles. The Hall–Kier alpha value is -2.73. The summed E-state index contributed by atoms with van der Waals surface area (Å²) in [6, 6.07) is 14.4. The molecule has 2 aromatic heterocycles. The summed E-state index contributed by atoms with van der Waals surface area (Å²) >= 11 is 1.31. The minimum absolute atomic E-state index is 0.0957. The van der Waals surface area contributed by atoms with Gasteiger partial charge in [0.15, 0.2) is 0 Å². The van der Waals surface area contributed by atoms with E-state index >= 15 is 0 Å². The first-order valence-corrected chi connectivity index (χ1v) is 8.44. The number of benzene rings is 1. The maximum Gasteiger partial charge on any atom is 0.263 e. The lowest BCUT2D eigenvalue weighted by Crippen LogP contribution is -2.33. The molecule has 122 valence electrons. The first kappa shape index (κ1) is 16.1. The number of pyridine rings is 1. The minimum Gasteiger partial charge on any atom is -0.343 e. The molecule has 5 nitrogen and oxygen atoms in total. The number of nitrogens with one attached hydrogen (secondary N) is 1. The Balaban J connectivity index is 1.88. The fraction of sp³-hybridized carbons (Fsp3) is 0.167. The lowest BCUT2D eigenvalue weighted by atomic mass is 10.1. The Morgan fingerprint density at radius 1 is 1.21 bits per heavy atom. The van der Waals surface area contributed by atoms with E-state index in [1.54, 1.807) is 28.4 Å². The fourth-order valence-electron chi connectivity index (χ4n) is 2.47. The number of thiazole rings is 1. The summed E-state index contributed by atoms with van der Waals surface area (Å²) in [5, 5.41) is 3.02. The second-order valence-corrected chi connectivity index (χ2v) is 6.25. The van der Waals surface area contributed by atoms with Crippen molar-refractivity contribution in [2.45, 2.75) is 19.5 Å². The van der Waals surface area contributed by atoms with Crippen LogP contribution >= 0.6 is 11.3 Å². The van der Waals surface area contributed by atoms with Gasteiger partial charge in [-0.05, 0) is 18.6 Å². The highest BCUT2D eigenvalue weighted by atomic mass is 32.1. The van der Waals surface area contributed by atoms with Crippen LogP contribution in [0.3, 0.4) is 0 Å². The van der Waals surface area contributed by atoms with Crippen LogP contribution in [-0.2, 0) is 6.54 Å². The zero-order chi connectivity index (χ0) is 16.9. The van der Waals surface area contributed by atoms with Crippen LogP contribution in [0.25, 0.3) is 0 Å². The minimum atomic E-state index is -0.305. The van der Waals surface area contributed by atoms with Crippen LogP contribution in [0, 0.1) is 6.92 Å². The lowest BCUT2D eigenvalue weighted by molar-refractivity contribution is 0.0935. The standard InChI is InChI=1S/C18H17N3O2S/c1-13-17(24-12-19-13)18(23)20-15(14-7-3-2-4-8-14)11-21-10-6-5-9-16(21)22/h2-10,12,15H,11H2,1H3,(H,20,23)/t15-/m0/s1. The van der Waals surface area contributed by atoms with Gasteiger partial charge in [0.1, 0.15) is 4.88 Å². The Morgan fingerprint density at radius 2 is 1.96 bits per heavy atom. The third-order valence-corrected chi connectivity index (χ3v) is 4.66. The molecule has 24 heavy (non-hydrogen) atoms. The molecule has 0 unspecified atom stereocenters. The molecule has 0 aliphatic heterocycles. The van der Waals surface area contributed by atoms with Crippen molar-refractivity contribution < 1.29 is 4.79 Å². The highest BCUT2D eigenvalue weighted by Gasteiger charge is 2.19. The first-order chi connectivity index (χ1) is 11.6. The van der Waals surface area contributed by atoms with Gasteiger partial charge in [0.25, 0.3) is 11.5 Å². The zero-order valence-electron chi connectivity index (χ0n) is 13.2. The molecule has 0 aliphatic carbocycles. The maximum absolute atomic E-state index is 12.6. The van der Waals surface area contributed by atoms with Crippen molar-refractivity contribution in [3.8, 4) is 0 Å². The number of hydrogen-bond donors (Lipinski definition) is 1. The van der Waals surface area contributed by atoms with Crippen LogP contribution in [0.15, 0.2) is 65.0 Å². The van der Waals surface area contributed by atoms with Crippen LogP contribution in [0.2, 0.25) is 0 Å². The van der Waals surface area contributed by atoms with Crippen molar-refractivity contribution in [1.82, 2.24) is 14.9 Å². The van der Waals surface area contributed by atoms with E-state index in [1.807, 2.05) is 37.3 Å². The molecule has 0 spiro atoms. The summed E-state index contributed by atoms with van der Waals surface area (Å²) in [6.07, 6.45) is 1.72. The highest BCUT2D eigenvalue weighted by Crippen LogP contribution is 2.18. The molecule has 0 radical (unpaired) electrons. The summed E-state index contributed by atoms with van der Waals surface area (Å²) in [5.41, 5.74) is 3.22. The normalized spacial score (nSPS) is 11.9. The first-order valence-electron chi connectivity index (χ1n) is 7.56. The Labute approximate surface area is 143 Å². The van der Waals surface area contributed by atoms with E-state index in [-0.39, 0.29) is 17.5 Å². The second-order valence-electron chi connectivity index (χ2n) is 5.39. The number of nitrogens with zero attached hydrogens (tertiary/aromatic N) is 2. The van der Waals surface area contributed by atoms with Crippen LogP contribution in [-0.4, -0.2) is 15.5 Å². The summed E-state index contributed by atoms with van der Waals surface area (Å²) in [6.45, 7) is 2.18. The van der Waals surface area contributed by atoms with Gasteiger partial charge in [-0.15, -0.1) is 11.3 Å². The van der Waals surface area contributed by atoms with Gasteiger partial charge < -0.3 is 9.88 Å². The molecule has 3 aromatic rings. The second kappa shape index (κ2) is 7.23. The highest BCUT2D eigenvalue weighted by molar-refractivity contribution is 7.11. The molecular weight excluding hydrogens is 322 g/mol. The van der Waals surface area contributed by atoms with Crippen LogP contribution < -0.4 is 10.9 Å². The summed E-state index contributed by atoms with van der Waals surface area (Å²) < 4.78 is 1.59. The Bertz CT molecular complexity index is 886. The third-order valence-electron chi connectivity index (χ3n) is 3.74. The van der Waals surface area contributed by atoms with Crippen LogP contribution in [0.1, 0.15) is 27.0 Å². The number of hydrogen-bond acceptors (Lipinski definition) is 4. The number of carbonyl (C=O) groups is 1. The van der Waals surface area contributed by atoms with E-state index < -0.39 is 0 Å². The van der Waals surface area contributed by atoms with Gasteiger partial charge in [-0.1, -0.05) is 36.4 Å². The third kappa shape index (κ3) is 3.60. The van der Waals surface area contributed by atoms with Crippen molar-refractivity contribution in [3.63, 3.8) is 0 Å². The van der Waals surface area contributed by atoms with Crippen molar-refractivity contribution in [2.24, 2.45) is 0 Å². The Kier molecular flexibility index (Phi) is 4.86. The van der Waals surface area contributed by atoms with Crippen molar-refractivity contribution in [1.29, 1.82) is 0 Å². The van der Waals surface area contributed by atoms with Gasteiger partial charge in [0.2, 0.25) is 0 Å². The maximum atomic E-state index is 12.6. The largest absolute Gasteiger partial charge is 0.343 e. The van der Waals surface area contributed by atoms with Crippen molar-refractivity contribution in [3.05, 3.63) is 86.7 Å². The molecular formula is C18H17N3O2S. The van der Waals surface area contributed by atoms with Gasteiger partial charge in [-0.3, -0.25) is 9.59 Å².